The fourth-order valence-electron chi connectivity index (χ4n) is 4.42. The predicted octanol–water partition coefficient (Wildman–Crippen LogP) is 5.57. The Labute approximate surface area is 204 Å². The highest BCUT2D eigenvalue weighted by molar-refractivity contribution is 7.15. The molecule has 1 saturated carbocycles. The molecule has 0 amide bonds. The minimum Gasteiger partial charge on any atom is -0.362 e. The van der Waals surface area contributed by atoms with E-state index in [9.17, 15) is 4.79 Å². The van der Waals surface area contributed by atoms with Crippen molar-refractivity contribution in [2.24, 2.45) is 0 Å². The molecule has 5 rings (SSSR count). The number of aromatic nitrogens is 3. The fourth-order valence-corrected chi connectivity index (χ4v) is 5.49. The summed E-state index contributed by atoms with van der Waals surface area (Å²) in [4.78, 5) is 26.6. The highest BCUT2D eigenvalue weighted by atomic mass is 32.1. The number of benzene rings is 1. The van der Waals surface area contributed by atoms with E-state index in [1.54, 1.807) is 17.4 Å². The molecule has 0 radical (unpaired) electrons. The van der Waals surface area contributed by atoms with Crippen molar-refractivity contribution >= 4 is 28.1 Å². The number of aryl methyl sites for hydroxylation is 1. The van der Waals surface area contributed by atoms with Gasteiger partial charge in [0.25, 0.3) is 5.56 Å². The van der Waals surface area contributed by atoms with Crippen molar-refractivity contribution in [3.63, 3.8) is 0 Å². The van der Waals surface area contributed by atoms with Crippen molar-refractivity contribution in [1.82, 2.24) is 19.4 Å². The van der Waals surface area contributed by atoms with E-state index in [2.05, 4.69) is 79.5 Å². The van der Waals surface area contributed by atoms with E-state index >= 15 is 0 Å². The van der Waals surface area contributed by atoms with Crippen molar-refractivity contribution in [1.29, 1.82) is 0 Å². The number of pyridine rings is 1. The average molecular weight is 474 g/mol. The summed E-state index contributed by atoms with van der Waals surface area (Å²) in [7, 11) is 4.19. The number of anilines is 1. The highest BCUT2D eigenvalue weighted by Crippen LogP contribution is 2.42. The third-order valence-electron chi connectivity index (χ3n) is 6.57. The summed E-state index contributed by atoms with van der Waals surface area (Å²) in [6.45, 7) is 7.06. The average Bonchev–Trinajstić information content (AvgIpc) is 3.33. The first-order chi connectivity index (χ1) is 16.2. The quantitative estimate of drug-likeness (QED) is 0.380. The first kappa shape index (κ1) is 22.7. The molecule has 34 heavy (non-hydrogen) atoms. The van der Waals surface area contributed by atoms with Gasteiger partial charge in [-0.3, -0.25) is 4.79 Å². The Morgan fingerprint density at radius 3 is 2.68 bits per heavy atom. The van der Waals surface area contributed by atoms with Gasteiger partial charge in [0.1, 0.15) is 11.6 Å². The molecular weight excluding hydrogens is 442 g/mol. The van der Waals surface area contributed by atoms with Crippen molar-refractivity contribution in [3.05, 3.63) is 75.3 Å². The Morgan fingerprint density at radius 2 is 1.94 bits per heavy atom. The van der Waals surface area contributed by atoms with Crippen LogP contribution < -0.4 is 10.9 Å². The molecule has 4 aromatic rings. The molecule has 1 aromatic carbocycles. The van der Waals surface area contributed by atoms with Crippen LogP contribution in [0.3, 0.4) is 0 Å². The SMILES string of the molecule is Cc1nc(NC(C)c2ccc(-c3ccccc3CN(C)C)s2)c2cn(C3(C)CC3)c(=O)cc2n1. The minimum atomic E-state index is -0.0817. The number of hydrogen-bond acceptors (Lipinski definition) is 6. The van der Waals surface area contributed by atoms with Crippen molar-refractivity contribution < 1.29 is 0 Å². The molecule has 0 spiro atoms. The number of thiophene rings is 1. The molecule has 1 N–H and O–H groups in total. The van der Waals surface area contributed by atoms with Crippen LogP contribution in [0.15, 0.2) is 53.5 Å². The van der Waals surface area contributed by atoms with E-state index in [0.29, 0.717) is 11.3 Å². The zero-order valence-corrected chi connectivity index (χ0v) is 21.2. The lowest BCUT2D eigenvalue weighted by molar-refractivity contribution is 0.403. The first-order valence-electron chi connectivity index (χ1n) is 11.7. The second-order valence-corrected chi connectivity index (χ2v) is 11.0. The number of hydrogen-bond donors (Lipinski definition) is 1. The summed E-state index contributed by atoms with van der Waals surface area (Å²) in [6, 6.07) is 14.7. The molecule has 3 heterocycles. The molecule has 1 atom stereocenters. The zero-order valence-electron chi connectivity index (χ0n) is 20.4. The van der Waals surface area contributed by atoms with Gasteiger partial charge in [-0.05, 0) is 71.0 Å². The van der Waals surface area contributed by atoms with E-state index in [-0.39, 0.29) is 17.1 Å². The Kier molecular flexibility index (Phi) is 5.78. The van der Waals surface area contributed by atoms with Gasteiger partial charge in [0.2, 0.25) is 0 Å². The molecule has 6 nitrogen and oxygen atoms in total. The lowest BCUT2D eigenvalue weighted by atomic mass is 10.1. The van der Waals surface area contributed by atoms with Crippen LogP contribution in [0.4, 0.5) is 5.82 Å². The highest BCUT2D eigenvalue weighted by Gasteiger charge is 2.40. The number of nitrogens with zero attached hydrogens (tertiary/aromatic N) is 4. The Bertz CT molecular complexity index is 1420. The van der Waals surface area contributed by atoms with Gasteiger partial charge >= 0.3 is 0 Å². The van der Waals surface area contributed by atoms with Crippen molar-refractivity contribution in [2.75, 3.05) is 19.4 Å². The van der Waals surface area contributed by atoms with Crippen LogP contribution in [0.25, 0.3) is 21.3 Å². The van der Waals surface area contributed by atoms with Crippen LogP contribution in [0.1, 0.15) is 49.0 Å². The predicted molar refractivity (Wildman–Crippen MR) is 141 cm³/mol. The molecule has 7 heteroatoms. The number of nitrogens with one attached hydrogen (secondary N) is 1. The van der Waals surface area contributed by atoms with E-state index < -0.39 is 0 Å². The van der Waals surface area contributed by atoms with Gasteiger partial charge < -0.3 is 14.8 Å². The summed E-state index contributed by atoms with van der Waals surface area (Å²) in [5.74, 6) is 1.43. The number of rotatable bonds is 7. The summed E-state index contributed by atoms with van der Waals surface area (Å²) < 4.78 is 1.86. The molecule has 1 aliphatic carbocycles. The normalized spacial score (nSPS) is 15.6. The van der Waals surface area contributed by atoms with E-state index in [0.717, 1.165) is 30.6 Å². The molecule has 3 aromatic heterocycles. The van der Waals surface area contributed by atoms with Crippen molar-refractivity contribution in [2.45, 2.75) is 51.7 Å². The monoisotopic (exact) mass is 473 g/mol. The van der Waals surface area contributed by atoms with Gasteiger partial charge in [-0.15, -0.1) is 11.3 Å². The lowest BCUT2D eigenvalue weighted by Crippen LogP contribution is -2.27. The van der Waals surface area contributed by atoms with Crippen LogP contribution >= 0.6 is 11.3 Å². The second kappa shape index (κ2) is 8.64. The molecule has 176 valence electrons. The van der Waals surface area contributed by atoms with E-state index in [4.69, 9.17) is 4.98 Å². The lowest BCUT2D eigenvalue weighted by Gasteiger charge is -2.18. The van der Waals surface area contributed by atoms with Gasteiger partial charge in [-0.25, -0.2) is 9.97 Å². The third-order valence-corrected chi connectivity index (χ3v) is 7.88. The largest absolute Gasteiger partial charge is 0.362 e. The van der Waals surface area contributed by atoms with Gasteiger partial charge in [-0.2, -0.15) is 0 Å². The molecular formula is C27H31N5OS. The van der Waals surface area contributed by atoms with E-state index in [1.165, 1.54) is 20.9 Å². The molecule has 1 unspecified atom stereocenters. The maximum absolute atomic E-state index is 12.7. The summed E-state index contributed by atoms with van der Waals surface area (Å²) >= 11 is 1.80. The van der Waals surface area contributed by atoms with Gasteiger partial charge in [-0.1, -0.05) is 24.3 Å². The van der Waals surface area contributed by atoms with Crippen LogP contribution in [0.5, 0.6) is 0 Å². The maximum Gasteiger partial charge on any atom is 0.253 e. The van der Waals surface area contributed by atoms with Gasteiger partial charge in [0.15, 0.2) is 0 Å². The van der Waals surface area contributed by atoms with Crippen molar-refractivity contribution in [3.8, 4) is 10.4 Å². The smallest absolute Gasteiger partial charge is 0.253 e. The zero-order chi connectivity index (χ0) is 24.0. The van der Waals surface area contributed by atoms with Crippen LogP contribution in [0, 0.1) is 6.92 Å². The first-order valence-corrected chi connectivity index (χ1v) is 12.6. The topological polar surface area (TPSA) is 63.1 Å². The number of fused-ring (bicyclic) bond motifs is 1. The van der Waals surface area contributed by atoms with Crippen LogP contribution in [-0.4, -0.2) is 33.5 Å². The minimum absolute atomic E-state index is 0.00360. The molecule has 1 fully saturated rings. The van der Waals surface area contributed by atoms with Gasteiger partial charge in [0, 0.05) is 34.1 Å². The second-order valence-electron chi connectivity index (χ2n) is 9.86. The Balaban J connectivity index is 1.47. The van der Waals surface area contributed by atoms with Crippen LogP contribution in [-0.2, 0) is 12.1 Å². The summed E-state index contributed by atoms with van der Waals surface area (Å²) in [5.41, 5.74) is 3.22. The molecule has 1 aliphatic rings. The Morgan fingerprint density at radius 1 is 1.18 bits per heavy atom. The fraction of sp³-hybridized carbons (Fsp3) is 0.370. The summed E-state index contributed by atoms with van der Waals surface area (Å²) in [6.07, 6.45) is 3.99. The standard InChI is InChI=1S/C27H31N5OS/c1-17(23-10-11-24(34-23)20-9-7-6-8-19(20)15-31(4)5)28-26-21-16-32(27(3)12-13-27)25(33)14-22(21)29-18(2)30-26/h6-11,14,16-17H,12-13,15H2,1-5H3,(H,28,29,30). The molecule has 0 saturated heterocycles. The third kappa shape index (κ3) is 4.38. The van der Waals surface area contributed by atoms with E-state index in [1.807, 2.05) is 17.7 Å². The molecule has 0 bridgehead atoms. The van der Waals surface area contributed by atoms with Crippen LogP contribution in [0.2, 0.25) is 0 Å². The Hall–Kier alpha value is -3.03. The maximum atomic E-state index is 12.7. The van der Waals surface area contributed by atoms with Gasteiger partial charge in [0.05, 0.1) is 16.9 Å². The molecule has 0 aliphatic heterocycles. The summed E-state index contributed by atoms with van der Waals surface area (Å²) in [5, 5.41) is 4.50.